The molecule has 0 amide bonds. The van der Waals surface area contributed by atoms with Crippen LogP contribution in [0.2, 0.25) is 5.02 Å². The van der Waals surface area contributed by atoms with E-state index in [1.165, 1.54) is 5.56 Å². The smallest absolute Gasteiger partial charge is 0.178 e. The van der Waals surface area contributed by atoms with Crippen LogP contribution in [0.4, 0.5) is 0 Å². The molecule has 0 saturated carbocycles. The monoisotopic (exact) mass is 403 g/mol. The van der Waals surface area contributed by atoms with E-state index in [9.17, 15) is 0 Å². The van der Waals surface area contributed by atoms with Crippen LogP contribution in [0.1, 0.15) is 28.6 Å². The molecular weight excluding hydrogens is 382 g/mol. The lowest BCUT2D eigenvalue weighted by Crippen LogP contribution is -2.28. The number of hydrogen-bond acceptors (Lipinski definition) is 4. The lowest BCUT2D eigenvalue weighted by atomic mass is 10.0. The van der Waals surface area contributed by atoms with E-state index in [0.29, 0.717) is 0 Å². The zero-order valence-electron chi connectivity index (χ0n) is 16.4. The average Bonchev–Trinajstić information content (AvgIpc) is 3.20. The second kappa shape index (κ2) is 8.55. The molecule has 4 aromatic rings. The Morgan fingerprint density at radius 3 is 2.34 bits per heavy atom. The van der Waals surface area contributed by atoms with Gasteiger partial charge in [0.2, 0.25) is 0 Å². The van der Waals surface area contributed by atoms with Gasteiger partial charge in [-0.25, -0.2) is 0 Å². The van der Waals surface area contributed by atoms with Crippen LogP contribution in [0.15, 0.2) is 78.9 Å². The number of nitrogens with zero attached hydrogens (tertiary/aromatic N) is 5. The van der Waals surface area contributed by atoms with Crippen LogP contribution in [0.5, 0.6) is 0 Å². The molecule has 3 aromatic carbocycles. The van der Waals surface area contributed by atoms with Crippen molar-refractivity contribution in [1.29, 1.82) is 0 Å². The molecule has 0 saturated heterocycles. The number of benzene rings is 3. The van der Waals surface area contributed by atoms with Crippen LogP contribution in [0.3, 0.4) is 0 Å². The Kier molecular flexibility index (Phi) is 5.69. The highest BCUT2D eigenvalue weighted by Crippen LogP contribution is 2.29. The maximum absolute atomic E-state index is 6.05. The van der Waals surface area contributed by atoms with Crippen molar-refractivity contribution in [3.63, 3.8) is 0 Å². The van der Waals surface area contributed by atoms with Gasteiger partial charge in [0.1, 0.15) is 0 Å². The second-order valence-corrected chi connectivity index (χ2v) is 7.53. The van der Waals surface area contributed by atoms with E-state index >= 15 is 0 Å². The maximum atomic E-state index is 6.05. The van der Waals surface area contributed by atoms with Crippen molar-refractivity contribution in [1.82, 2.24) is 25.1 Å². The quantitative estimate of drug-likeness (QED) is 0.462. The Hall–Kier alpha value is -3.02. The van der Waals surface area contributed by atoms with E-state index in [4.69, 9.17) is 11.6 Å². The molecule has 29 heavy (non-hydrogen) atoms. The number of halogens is 1. The van der Waals surface area contributed by atoms with Crippen LogP contribution in [0.25, 0.3) is 5.69 Å². The minimum Gasteiger partial charge on any atom is -0.288 e. The topological polar surface area (TPSA) is 46.8 Å². The number of rotatable bonds is 6. The molecule has 0 aliphatic carbocycles. The Bertz CT molecular complexity index is 1080. The minimum absolute atomic E-state index is 0.110. The highest BCUT2D eigenvalue weighted by Gasteiger charge is 2.26. The Morgan fingerprint density at radius 2 is 1.62 bits per heavy atom. The molecule has 0 fully saturated rings. The average molecular weight is 404 g/mol. The first-order chi connectivity index (χ1) is 14.1. The Balaban J connectivity index is 1.76. The van der Waals surface area contributed by atoms with Crippen LogP contribution >= 0.6 is 11.6 Å². The maximum Gasteiger partial charge on any atom is 0.178 e. The second-order valence-electron chi connectivity index (χ2n) is 7.09. The van der Waals surface area contributed by atoms with Gasteiger partial charge in [-0.1, -0.05) is 72.3 Å². The summed E-state index contributed by atoms with van der Waals surface area (Å²) in [5.74, 6) is 0.780. The summed E-state index contributed by atoms with van der Waals surface area (Å²) >= 11 is 6.05. The fraction of sp³-hybridized carbons (Fsp3) is 0.174. The van der Waals surface area contributed by atoms with E-state index in [0.717, 1.165) is 34.2 Å². The number of aryl methyl sites for hydroxylation is 1. The highest BCUT2D eigenvalue weighted by molar-refractivity contribution is 6.30. The van der Waals surface area contributed by atoms with Gasteiger partial charge in [-0.2, -0.15) is 4.68 Å². The molecule has 4 rings (SSSR count). The summed E-state index contributed by atoms with van der Waals surface area (Å²) in [6.45, 7) is 2.80. The van der Waals surface area contributed by atoms with Crippen molar-refractivity contribution >= 4 is 11.6 Å². The molecule has 0 aliphatic rings. The van der Waals surface area contributed by atoms with Gasteiger partial charge >= 0.3 is 0 Å². The van der Waals surface area contributed by atoms with Crippen molar-refractivity contribution in [2.75, 3.05) is 7.05 Å². The molecule has 146 valence electrons. The normalized spacial score (nSPS) is 12.3. The molecule has 1 heterocycles. The molecule has 6 heteroatoms. The number of hydrogen-bond donors (Lipinski definition) is 0. The van der Waals surface area contributed by atoms with E-state index in [2.05, 4.69) is 52.6 Å². The zero-order chi connectivity index (χ0) is 20.2. The first-order valence-electron chi connectivity index (χ1n) is 9.47. The molecule has 1 atom stereocenters. The SMILES string of the molecule is Cc1ccccc1-n1nnnc1[C@@H](c1ccccc1)N(C)Cc1ccc(Cl)cc1. The fourth-order valence-electron chi connectivity index (χ4n) is 3.54. The summed E-state index contributed by atoms with van der Waals surface area (Å²) < 4.78 is 1.84. The third-order valence-electron chi connectivity index (χ3n) is 4.98. The van der Waals surface area contributed by atoms with E-state index in [1.807, 2.05) is 65.3 Å². The van der Waals surface area contributed by atoms with Gasteiger partial charge in [0, 0.05) is 11.6 Å². The van der Waals surface area contributed by atoms with Crippen molar-refractivity contribution in [3.8, 4) is 5.69 Å². The number of aromatic nitrogens is 4. The number of para-hydroxylation sites is 1. The zero-order valence-corrected chi connectivity index (χ0v) is 17.2. The lowest BCUT2D eigenvalue weighted by molar-refractivity contribution is 0.258. The summed E-state index contributed by atoms with van der Waals surface area (Å²) in [4.78, 5) is 2.25. The van der Waals surface area contributed by atoms with Gasteiger partial charge in [0.25, 0.3) is 0 Å². The molecule has 0 bridgehead atoms. The van der Waals surface area contributed by atoms with Crippen LogP contribution < -0.4 is 0 Å². The third-order valence-corrected chi connectivity index (χ3v) is 5.24. The molecule has 0 N–H and O–H groups in total. The standard InChI is InChI=1S/C23H22ClN5/c1-17-8-6-7-11-21(17)29-23(25-26-27-29)22(19-9-4-3-5-10-19)28(2)16-18-12-14-20(24)15-13-18/h3-15,22H,16H2,1-2H3/t22-/m1/s1. The van der Waals surface area contributed by atoms with Crippen molar-refractivity contribution in [2.45, 2.75) is 19.5 Å². The van der Waals surface area contributed by atoms with Gasteiger partial charge in [-0.15, -0.1) is 5.10 Å². The first kappa shape index (κ1) is 19.3. The van der Waals surface area contributed by atoms with E-state index in [1.54, 1.807) is 0 Å². The van der Waals surface area contributed by atoms with Crippen molar-refractivity contribution in [2.24, 2.45) is 0 Å². The molecule has 0 aliphatic heterocycles. The summed E-state index contributed by atoms with van der Waals surface area (Å²) in [6.07, 6.45) is 0. The van der Waals surface area contributed by atoms with Gasteiger partial charge in [0.05, 0.1) is 11.7 Å². The summed E-state index contributed by atoms with van der Waals surface area (Å²) in [5.41, 5.74) is 4.41. The van der Waals surface area contributed by atoms with Crippen molar-refractivity contribution < 1.29 is 0 Å². The molecule has 5 nitrogen and oxygen atoms in total. The number of tetrazole rings is 1. The summed E-state index contributed by atoms with van der Waals surface area (Å²) in [6, 6.07) is 26.3. The Morgan fingerprint density at radius 1 is 0.931 bits per heavy atom. The molecular formula is C23H22ClN5. The molecule has 1 aromatic heterocycles. The summed E-state index contributed by atoms with van der Waals surface area (Å²) in [5, 5.41) is 13.5. The minimum atomic E-state index is -0.110. The van der Waals surface area contributed by atoms with E-state index in [-0.39, 0.29) is 6.04 Å². The molecule has 0 unspecified atom stereocenters. The molecule has 0 radical (unpaired) electrons. The molecule has 0 spiro atoms. The van der Waals surface area contributed by atoms with Gasteiger partial charge < -0.3 is 0 Å². The first-order valence-corrected chi connectivity index (χ1v) is 9.85. The van der Waals surface area contributed by atoms with Gasteiger partial charge in [-0.05, 0) is 59.3 Å². The third kappa shape index (κ3) is 4.21. The lowest BCUT2D eigenvalue weighted by Gasteiger charge is -2.28. The predicted octanol–water partition coefficient (Wildman–Crippen LogP) is 4.85. The van der Waals surface area contributed by atoms with Crippen LogP contribution in [-0.2, 0) is 6.54 Å². The van der Waals surface area contributed by atoms with Crippen molar-refractivity contribution in [3.05, 3.63) is 106 Å². The summed E-state index contributed by atoms with van der Waals surface area (Å²) in [7, 11) is 2.09. The predicted molar refractivity (Wildman–Crippen MR) is 115 cm³/mol. The Labute approximate surface area is 175 Å². The highest BCUT2D eigenvalue weighted by atomic mass is 35.5. The fourth-order valence-corrected chi connectivity index (χ4v) is 3.67. The van der Waals surface area contributed by atoms with E-state index < -0.39 is 0 Å². The van der Waals surface area contributed by atoms with Crippen LogP contribution in [-0.4, -0.2) is 32.2 Å². The largest absolute Gasteiger partial charge is 0.288 e. The van der Waals surface area contributed by atoms with Gasteiger partial charge in [-0.3, -0.25) is 4.90 Å². The van der Waals surface area contributed by atoms with Gasteiger partial charge in [0.15, 0.2) is 5.82 Å². The van der Waals surface area contributed by atoms with Crippen LogP contribution in [0, 0.1) is 6.92 Å².